The quantitative estimate of drug-likeness (QED) is 0.195. The molecule has 34 heavy (non-hydrogen) atoms. The number of ether oxygens (including phenoxy) is 2. The fourth-order valence-corrected chi connectivity index (χ4v) is 5.17. The average molecular weight is 478 g/mol. The van der Waals surface area contributed by atoms with Crippen molar-refractivity contribution in [3.63, 3.8) is 0 Å². The highest BCUT2D eigenvalue weighted by Gasteiger charge is 2.92. The molecule has 4 rings (SSSR count). The van der Waals surface area contributed by atoms with Crippen LogP contribution in [0.15, 0.2) is 17.8 Å². The molecule has 0 spiro atoms. The van der Waals surface area contributed by atoms with Crippen molar-refractivity contribution < 1.29 is 24.5 Å². The third kappa shape index (κ3) is 3.60. The predicted molar refractivity (Wildman–Crippen MR) is 125 cm³/mol. The molecule has 2 aliphatic rings. The number of nitrogens with two attached hydrogens (primary N) is 1. The molecule has 188 valence electrons. The molecule has 1 aliphatic carbocycles. The summed E-state index contributed by atoms with van der Waals surface area (Å²) in [6.07, 6.45) is 3.11. The maximum Gasteiger partial charge on any atom is 0.222 e. The number of nitrogen functional groups attached to an aromatic ring is 1. The number of hydrogen-bond acceptors (Lipinski definition) is 11. The molecule has 1 aliphatic heterocycles. The number of anilines is 1. The van der Waals surface area contributed by atoms with Crippen LogP contribution < -0.4 is 5.73 Å². The minimum atomic E-state index is -1.50. The maximum atomic E-state index is 11.6. The number of oxime groups is 1. The lowest BCUT2D eigenvalue weighted by molar-refractivity contribution is -0.116. The molecule has 0 unspecified atom stereocenters. The van der Waals surface area contributed by atoms with E-state index in [9.17, 15) is 10.2 Å². The van der Waals surface area contributed by atoms with Crippen molar-refractivity contribution in [2.75, 3.05) is 39.1 Å². The van der Waals surface area contributed by atoms with Crippen LogP contribution in [0.3, 0.4) is 0 Å². The van der Waals surface area contributed by atoms with Gasteiger partial charge in [-0.3, -0.25) is 4.57 Å². The fraction of sp³-hybridized carbons (Fsp3) is 0.727. The predicted octanol–water partition coefficient (Wildman–Crippen LogP) is 0.906. The summed E-state index contributed by atoms with van der Waals surface area (Å²) in [7, 11) is 1.97. The molecular formula is C22H35N7O5. The summed E-state index contributed by atoms with van der Waals surface area (Å²) < 4.78 is 13.1. The van der Waals surface area contributed by atoms with E-state index in [1.807, 2.05) is 27.8 Å². The minimum absolute atomic E-state index is 0.248. The van der Waals surface area contributed by atoms with E-state index in [2.05, 4.69) is 25.0 Å². The molecule has 0 aromatic carbocycles. The highest BCUT2D eigenvalue weighted by atomic mass is 16.6. The highest BCUT2D eigenvalue weighted by molar-refractivity contribution is 5.81. The van der Waals surface area contributed by atoms with Gasteiger partial charge in [-0.25, -0.2) is 15.0 Å². The molecule has 12 nitrogen and oxygen atoms in total. The molecule has 0 radical (unpaired) electrons. The Bertz CT molecular complexity index is 1060. The van der Waals surface area contributed by atoms with Gasteiger partial charge in [0.25, 0.3) is 0 Å². The number of unbranched alkanes of at least 4 members (excludes halogenated alkanes) is 1. The van der Waals surface area contributed by atoms with E-state index < -0.39 is 28.9 Å². The van der Waals surface area contributed by atoms with Crippen LogP contribution in [0, 0.1) is 5.41 Å². The molecule has 0 amide bonds. The summed E-state index contributed by atoms with van der Waals surface area (Å²) in [6, 6.07) is 0. The topological polar surface area (TPSA) is 153 Å². The third-order valence-corrected chi connectivity index (χ3v) is 7.23. The zero-order chi connectivity index (χ0) is 24.7. The van der Waals surface area contributed by atoms with E-state index in [1.54, 1.807) is 11.5 Å². The van der Waals surface area contributed by atoms with Crippen LogP contribution in [0.1, 0.15) is 46.8 Å². The lowest BCUT2D eigenvalue weighted by Crippen LogP contribution is -2.42. The second-order valence-electron chi connectivity index (χ2n) is 9.56. The van der Waals surface area contributed by atoms with Gasteiger partial charge in [0, 0.05) is 18.9 Å². The van der Waals surface area contributed by atoms with Crippen molar-refractivity contribution in [2.24, 2.45) is 10.6 Å². The zero-order valence-electron chi connectivity index (χ0n) is 20.4. The Morgan fingerprint density at radius 3 is 2.76 bits per heavy atom. The van der Waals surface area contributed by atoms with Gasteiger partial charge in [0.1, 0.15) is 35.8 Å². The van der Waals surface area contributed by atoms with Crippen LogP contribution in [0.25, 0.3) is 11.2 Å². The standard InChI is InChI=1S/C22H35N7O5/c1-6-32-14(2)27-33-10-8-7-9-28(5)11-15-21(30)20(3,4)22(21,31)19(34-15)29-13-26-16-17(23)24-12-25-18(16)29/h12-13,15,19,30-31H,6-11H2,1-5H3,(H2,23,24,25)/t15-,19-,21+,22-/m1/s1. The Hall–Kier alpha value is -2.54. The number of aromatic nitrogens is 4. The van der Waals surface area contributed by atoms with Crippen molar-refractivity contribution in [3.05, 3.63) is 12.7 Å². The molecule has 1 saturated heterocycles. The van der Waals surface area contributed by atoms with Crippen LogP contribution in [-0.2, 0) is 14.3 Å². The van der Waals surface area contributed by atoms with Gasteiger partial charge < -0.3 is 35.2 Å². The Morgan fingerprint density at radius 2 is 2.03 bits per heavy atom. The minimum Gasteiger partial charge on any atom is -0.479 e. The van der Waals surface area contributed by atoms with E-state index in [1.165, 1.54) is 12.7 Å². The molecule has 2 fully saturated rings. The van der Waals surface area contributed by atoms with E-state index in [0.717, 1.165) is 19.4 Å². The summed E-state index contributed by atoms with van der Waals surface area (Å²) in [6.45, 7) is 9.62. The fourth-order valence-electron chi connectivity index (χ4n) is 5.17. The van der Waals surface area contributed by atoms with Gasteiger partial charge in [-0.1, -0.05) is 19.0 Å². The van der Waals surface area contributed by atoms with Crippen molar-refractivity contribution in [2.45, 2.75) is 64.1 Å². The Labute approximate surface area is 198 Å². The van der Waals surface area contributed by atoms with Gasteiger partial charge in [0.05, 0.1) is 12.9 Å². The smallest absolute Gasteiger partial charge is 0.222 e. The van der Waals surface area contributed by atoms with Crippen molar-refractivity contribution >= 4 is 22.9 Å². The Balaban J connectivity index is 1.39. The number of imidazole rings is 1. The monoisotopic (exact) mass is 477 g/mol. The molecule has 1 saturated carbocycles. The summed E-state index contributed by atoms with van der Waals surface area (Å²) in [5.41, 5.74) is 3.10. The number of fused-ring (bicyclic) bond motifs is 2. The van der Waals surface area contributed by atoms with Gasteiger partial charge in [-0.05, 0) is 33.4 Å². The Morgan fingerprint density at radius 1 is 1.26 bits per heavy atom. The van der Waals surface area contributed by atoms with Gasteiger partial charge in [-0.2, -0.15) is 0 Å². The number of aliphatic hydroxyl groups is 2. The molecule has 2 aromatic rings. The highest BCUT2D eigenvalue weighted by Crippen LogP contribution is 2.75. The third-order valence-electron chi connectivity index (χ3n) is 7.23. The lowest BCUT2D eigenvalue weighted by Gasteiger charge is -2.30. The van der Waals surface area contributed by atoms with Crippen LogP contribution in [0.2, 0.25) is 0 Å². The van der Waals surface area contributed by atoms with Crippen LogP contribution in [-0.4, -0.2) is 91.2 Å². The molecular weight excluding hydrogens is 442 g/mol. The first-order valence-corrected chi connectivity index (χ1v) is 11.6. The molecule has 0 bridgehead atoms. The van der Waals surface area contributed by atoms with E-state index in [-0.39, 0.29) is 5.82 Å². The lowest BCUT2D eigenvalue weighted by atomic mass is 10.0. The SMILES string of the molecule is CCOC(C)=NOCCCCN(C)C[C@H]1O[C@@H](n2cnc3c(N)ncnc32)[C@@]2(O)C(C)(C)[C@@]12O. The zero-order valence-corrected chi connectivity index (χ0v) is 20.4. The van der Waals surface area contributed by atoms with Crippen LogP contribution in [0.4, 0.5) is 5.82 Å². The summed E-state index contributed by atoms with van der Waals surface area (Å²) in [5, 5.41) is 27.1. The number of hydrogen-bond donors (Lipinski definition) is 3. The molecule has 2 aromatic heterocycles. The van der Waals surface area contributed by atoms with Crippen molar-refractivity contribution in [1.29, 1.82) is 0 Å². The number of likely N-dealkylation sites (N-methyl/N-ethyl adjacent to an activating group) is 1. The molecule has 4 atom stereocenters. The van der Waals surface area contributed by atoms with E-state index in [4.69, 9.17) is 20.0 Å². The second-order valence-corrected chi connectivity index (χ2v) is 9.56. The first kappa shape index (κ1) is 24.6. The summed E-state index contributed by atoms with van der Waals surface area (Å²) in [4.78, 5) is 19.9. The Kier molecular flexibility index (Phi) is 6.44. The van der Waals surface area contributed by atoms with Gasteiger partial charge in [0.2, 0.25) is 5.90 Å². The van der Waals surface area contributed by atoms with Gasteiger partial charge in [-0.15, -0.1) is 0 Å². The normalized spacial score (nSPS) is 30.1. The summed E-state index contributed by atoms with van der Waals surface area (Å²) in [5.74, 6) is 0.762. The van der Waals surface area contributed by atoms with Crippen molar-refractivity contribution in [3.8, 4) is 0 Å². The van der Waals surface area contributed by atoms with E-state index in [0.29, 0.717) is 36.8 Å². The summed E-state index contributed by atoms with van der Waals surface area (Å²) >= 11 is 0. The van der Waals surface area contributed by atoms with E-state index >= 15 is 0 Å². The maximum absolute atomic E-state index is 11.6. The largest absolute Gasteiger partial charge is 0.479 e. The average Bonchev–Trinajstić information content (AvgIpc) is 3.14. The van der Waals surface area contributed by atoms with Gasteiger partial charge >= 0.3 is 0 Å². The first-order valence-electron chi connectivity index (χ1n) is 11.6. The number of rotatable bonds is 10. The van der Waals surface area contributed by atoms with Gasteiger partial charge in [0.15, 0.2) is 17.7 Å². The van der Waals surface area contributed by atoms with Crippen LogP contribution in [0.5, 0.6) is 0 Å². The molecule has 12 heteroatoms. The molecule has 4 N–H and O–H groups in total. The van der Waals surface area contributed by atoms with Crippen molar-refractivity contribution in [1.82, 2.24) is 24.4 Å². The molecule has 3 heterocycles. The first-order chi connectivity index (χ1) is 16.1. The van der Waals surface area contributed by atoms with Crippen LogP contribution >= 0.6 is 0 Å². The number of nitrogens with zero attached hydrogens (tertiary/aromatic N) is 6. The second kappa shape index (κ2) is 8.91.